The summed E-state index contributed by atoms with van der Waals surface area (Å²) >= 11 is 13.6. The Morgan fingerprint density at radius 3 is 2.78 bits per heavy atom. The number of carbonyl (C=O) groups excluding carboxylic acids is 1. The van der Waals surface area contributed by atoms with Crippen molar-refractivity contribution in [1.82, 2.24) is 9.88 Å². The van der Waals surface area contributed by atoms with E-state index < -0.39 is 0 Å². The van der Waals surface area contributed by atoms with Gasteiger partial charge in [-0.25, -0.2) is 4.98 Å². The van der Waals surface area contributed by atoms with Gasteiger partial charge in [-0.3, -0.25) is 4.79 Å². The van der Waals surface area contributed by atoms with Gasteiger partial charge in [0.1, 0.15) is 5.75 Å². The number of piperidine rings is 1. The first-order chi connectivity index (χ1) is 11.1. The molecule has 2 aromatic rings. The first kappa shape index (κ1) is 16.6. The van der Waals surface area contributed by atoms with Crippen LogP contribution in [-0.2, 0) is 4.79 Å². The monoisotopic (exact) mass is 370 g/mol. The maximum absolute atomic E-state index is 12.3. The molecule has 0 N–H and O–H groups in total. The predicted molar refractivity (Wildman–Crippen MR) is 92.6 cm³/mol. The van der Waals surface area contributed by atoms with Crippen LogP contribution in [0.1, 0.15) is 23.8 Å². The van der Waals surface area contributed by atoms with Gasteiger partial charge in [-0.15, -0.1) is 11.3 Å². The molecular weight excluding hydrogens is 355 g/mol. The number of thiazole rings is 1. The Morgan fingerprint density at radius 2 is 2.13 bits per heavy atom. The first-order valence-electron chi connectivity index (χ1n) is 7.38. The van der Waals surface area contributed by atoms with E-state index in [0.717, 1.165) is 25.9 Å². The van der Waals surface area contributed by atoms with E-state index in [1.165, 1.54) is 5.01 Å². The molecule has 0 unspecified atom stereocenters. The van der Waals surface area contributed by atoms with Crippen molar-refractivity contribution in [2.75, 3.05) is 19.7 Å². The molecule has 1 fully saturated rings. The predicted octanol–water partition coefficient (Wildman–Crippen LogP) is 4.23. The Labute approximate surface area is 149 Å². The zero-order chi connectivity index (χ0) is 16.2. The Hall–Kier alpha value is -1.30. The molecule has 1 aromatic carbocycles. The lowest BCUT2D eigenvalue weighted by Gasteiger charge is -2.31. The fourth-order valence-electron chi connectivity index (χ4n) is 2.63. The highest BCUT2D eigenvalue weighted by Crippen LogP contribution is 2.30. The van der Waals surface area contributed by atoms with Crippen molar-refractivity contribution in [3.8, 4) is 5.75 Å². The molecule has 0 atom stereocenters. The van der Waals surface area contributed by atoms with Gasteiger partial charge in [-0.1, -0.05) is 23.2 Å². The third kappa shape index (κ3) is 4.16. The molecule has 7 heteroatoms. The number of aromatic nitrogens is 1. The SMILES string of the molecule is O=C(COc1ccc(Cl)cc1Cl)N1CCC(c2nccs2)CC1. The molecule has 1 aromatic heterocycles. The van der Waals surface area contributed by atoms with E-state index in [1.807, 2.05) is 16.5 Å². The van der Waals surface area contributed by atoms with E-state index in [2.05, 4.69) is 4.98 Å². The standard InChI is InChI=1S/C16H16Cl2N2O2S/c17-12-1-2-14(13(18)9-12)22-10-15(21)20-6-3-11(4-7-20)16-19-5-8-23-16/h1-2,5,8-9,11H,3-4,6-7,10H2. The summed E-state index contributed by atoms with van der Waals surface area (Å²) < 4.78 is 5.51. The van der Waals surface area contributed by atoms with E-state index in [-0.39, 0.29) is 12.5 Å². The molecule has 1 aliphatic heterocycles. The van der Waals surface area contributed by atoms with Gasteiger partial charge in [-0.2, -0.15) is 0 Å². The molecule has 3 rings (SSSR count). The summed E-state index contributed by atoms with van der Waals surface area (Å²) in [6.45, 7) is 1.46. The lowest BCUT2D eigenvalue weighted by atomic mass is 9.97. The molecule has 1 aliphatic rings. The minimum atomic E-state index is -0.0198. The Bertz CT molecular complexity index is 671. The zero-order valence-corrected chi connectivity index (χ0v) is 14.7. The van der Waals surface area contributed by atoms with Gasteiger partial charge in [0, 0.05) is 35.6 Å². The lowest BCUT2D eigenvalue weighted by molar-refractivity contribution is -0.134. The van der Waals surface area contributed by atoms with Crippen LogP contribution in [0.4, 0.5) is 0 Å². The average molecular weight is 371 g/mol. The number of rotatable bonds is 4. The summed E-state index contributed by atoms with van der Waals surface area (Å²) in [7, 11) is 0. The van der Waals surface area contributed by atoms with Gasteiger partial charge < -0.3 is 9.64 Å². The first-order valence-corrected chi connectivity index (χ1v) is 9.02. The van der Waals surface area contributed by atoms with Crippen molar-refractivity contribution < 1.29 is 9.53 Å². The van der Waals surface area contributed by atoms with Crippen LogP contribution in [0.25, 0.3) is 0 Å². The summed E-state index contributed by atoms with van der Waals surface area (Å²) in [5.41, 5.74) is 0. The number of carbonyl (C=O) groups is 1. The lowest BCUT2D eigenvalue weighted by Crippen LogP contribution is -2.40. The van der Waals surface area contributed by atoms with Gasteiger partial charge in [0.05, 0.1) is 10.0 Å². The fraction of sp³-hybridized carbons (Fsp3) is 0.375. The number of benzene rings is 1. The van der Waals surface area contributed by atoms with Crippen LogP contribution in [0.3, 0.4) is 0 Å². The molecule has 122 valence electrons. The Kier molecular flexibility index (Phi) is 5.41. The summed E-state index contributed by atoms with van der Waals surface area (Å²) in [5.74, 6) is 0.918. The molecular formula is C16H16Cl2N2O2S. The highest BCUT2D eigenvalue weighted by Gasteiger charge is 2.25. The molecule has 1 amide bonds. The maximum Gasteiger partial charge on any atom is 0.260 e. The molecule has 1 saturated heterocycles. The van der Waals surface area contributed by atoms with Crippen LogP contribution in [0.2, 0.25) is 10.0 Å². The molecule has 0 spiro atoms. The minimum absolute atomic E-state index is 0.0106. The average Bonchev–Trinajstić information content (AvgIpc) is 3.08. The van der Waals surface area contributed by atoms with Crippen molar-refractivity contribution in [2.45, 2.75) is 18.8 Å². The number of hydrogen-bond acceptors (Lipinski definition) is 4. The van der Waals surface area contributed by atoms with Crippen molar-refractivity contribution >= 4 is 40.4 Å². The van der Waals surface area contributed by atoms with Crippen molar-refractivity contribution in [3.63, 3.8) is 0 Å². The Morgan fingerprint density at radius 1 is 1.35 bits per heavy atom. The van der Waals surface area contributed by atoms with Gasteiger partial charge in [0.15, 0.2) is 6.61 Å². The number of nitrogens with zero attached hydrogens (tertiary/aromatic N) is 2. The summed E-state index contributed by atoms with van der Waals surface area (Å²) in [4.78, 5) is 18.5. The maximum atomic E-state index is 12.3. The van der Waals surface area contributed by atoms with Crippen LogP contribution in [0.15, 0.2) is 29.8 Å². The Balaban J connectivity index is 1.50. The molecule has 2 heterocycles. The minimum Gasteiger partial charge on any atom is -0.482 e. The van der Waals surface area contributed by atoms with Crippen LogP contribution < -0.4 is 4.74 Å². The summed E-state index contributed by atoms with van der Waals surface area (Å²) in [5, 5.41) is 4.11. The van der Waals surface area contributed by atoms with Gasteiger partial charge in [0.2, 0.25) is 0 Å². The zero-order valence-electron chi connectivity index (χ0n) is 12.4. The highest BCUT2D eigenvalue weighted by atomic mass is 35.5. The second-order valence-electron chi connectivity index (χ2n) is 5.39. The van der Waals surface area contributed by atoms with Crippen LogP contribution in [-0.4, -0.2) is 35.5 Å². The van der Waals surface area contributed by atoms with Crippen LogP contribution in [0, 0.1) is 0 Å². The second-order valence-corrected chi connectivity index (χ2v) is 7.16. The van der Waals surface area contributed by atoms with Gasteiger partial charge in [0.25, 0.3) is 5.91 Å². The van der Waals surface area contributed by atoms with Crippen molar-refractivity contribution in [3.05, 3.63) is 44.8 Å². The molecule has 23 heavy (non-hydrogen) atoms. The van der Waals surface area contributed by atoms with E-state index >= 15 is 0 Å². The second kappa shape index (κ2) is 7.51. The number of likely N-dealkylation sites (tertiary alicyclic amines) is 1. The smallest absolute Gasteiger partial charge is 0.260 e. The molecule has 0 bridgehead atoms. The summed E-state index contributed by atoms with van der Waals surface area (Å²) in [6, 6.07) is 4.96. The highest BCUT2D eigenvalue weighted by molar-refractivity contribution is 7.09. The van der Waals surface area contributed by atoms with Gasteiger partial charge >= 0.3 is 0 Å². The third-order valence-electron chi connectivity index (χ3n) is 3.89. The summed E-state index contributed by atoms with van der Waals surface area (Å²) in [6.07, 6.45) is 3.73. The number of amides is 1. The van der Waals surface area contributed by atoms with E-state index in [4.69, 9.17) is 27.9 Å². The third-order valence-corrected chi connectivity index (χ3v) is 5.36. The van der Waals surface area contributed by atoms with E-state index in [1.54, 1.807) is 29.5 Å². The largest absolute Gasteiger partial charge is 0.482 e. The quantitative estimate of drug-likeness (QED) is 0.808. The van der Waals surface area contributed by atoms with Crippen LogP contribution >= 0.6 is 34.5 Å². The van der Waals surface area contributed by atoms with Crippen molar-refractivity contribution in [1.29, 1.82) is 0 Å². The van der Waals surface area contributed by atoms with Gasteiger partial charge in [-0.05, 0) is 31.0 Å². The number of halogens is 2. The normalized spacial score (nSPS) is 15.7. The van der Waals surface area contributed by atoms with E-state index in [9.17, 15) is 4.79 Å². The fourth-order valence-corrected chi connectivity index (χ4v) is 3.91. The number of ether oxygens (including phenoxy) is 1. The molecule has 0 saturated carbocycles. The van der Waals surface area contributed by atoms with Crippen LogP contribution in [0.5, 0.6) is 5.75 Å². The molecule has 0 radical (unpaired) electrons. The van der Waals surface area contributed by atoms with E-state index in [0.29, 0.717) is 21.7 Å². The topological polar surface area (TPSA) is 42.4 Å². The molecule has 4 nitrogen and oxygen atoms in total. The number of hydrogen-bond donors (Lipinski definition) is 0. The van der Waals surface area contributed by atoms with Crippen molar-refractivity contribution in [2.24, 2.45) is 0 Å². The molecule has 0 aliphatic carbocycles.